The second kappa shape index (κ2) is 4.67. The minimum absolute atomic E-state index is 0.241. The number of benzene rings is 1. The maximum Gasteiger partial charge on any atom is 0.122 e. The largest absolute Gasteiger partial charge is 0.494 e. The van der Waals surface area contributed by atoms with Crippen LogP contribution in [0.5, 0.6) is 5.75 Å². The average Bonchev–Trinajstić information content (AvgIpc) is 2.21. The topological polar surface area (TPSA) is 35.2 Å². The van der Waals surface area contributed by atoms with Gasteiger partial charge in [-0.05, 0) is 44.4 Å². The van der Waals surface area contributed by atoms with Crippen LogP contribution in [0.15, 0.2) is 18.2 Å². The van der Waals surface area contributed by atoms with Gasteiger partial charge in [0.15, 0.2) is 0 Å². The van der Waals surface area contributed by atoms with E-state index < -0.39 is 0 Å². The number of rotatable bonds is 4. The summed E-state index contributed by atoms with van der Waals surface area (Å²) in [5.74, 6) is 0.952. The first-order valence-corrected chi connectivity index (χ1v) is 5.54. The molecule has 1 rings (SSSR count). The number of hydrogen-bond donors (Lipinski definition) is 1. The van der Waals surface area contributed by atoms with Gasteiger partial charge >= 0.3 is 0 Å². The van der Waals surface area contributed by atoms with Gasteiger partial charge in [0.2, 0.25) is 0 Å². The van der Waals surface area contributed by atoms with Gasteiger partial charge in [0.05, 0.1) is 6.61 Å². The van der Waals surface area contributed by atoms with Crippen molar-refractivity contribution >= 4 is 0 Å². The third kappa shape index (κ3) is 2.72. The van der Waals surface area contributed by atoms with Gasteiger partial charge in [-0.1, -0.05) is 19.1 Å². The first-order valence-electron chi connectivity index (χ1n) is 5.54. The van der Waals surface area contributed by atoms with E-state index >= 15 is 0 Å². The van der Waals surface area contributed by atoms with Crippen molar-refractivity contribution < 1.29 is 4.74 Å². The molecule has 2 heteroatoms. The zero-order valence-electron chi connectivity index (χ0n) is 10.1. The Balaban J connectivity index is 3.01. The summed E-state index contributed by atoms with van der Waals surface area (Å²) in [5.41, 5.74) is 8.27. The van der Waals surface area contributed by atoms with E-state index in [1.807, 2.05) is 13.0 Å². The van der Waals surface area contributed by atoms with Gasteiger partial charge in [0.25, 0.3) is 0 Å². The van der Waals surface area contributed by atoms with Crippen LogP contribution in [-0.2, 0) is 5.54 Å². The molecule has 0 spiro atoms. The van der Waals surface area contributed by atoms with Gasteiger partial charge in [-0.25, -0.2) is 0 Å². The zero-order chi connectivity index (χ0) is 11.5. The van der Waals surface area contributed by atoms with Gasteiger partial charge in [-0.2, -0.15) is 0 Å². The second-order valence-electron chi connectivity index (χ2n) is 4.18. The van der Waals surface area contributed by atoms with Crippen LogP contribution in [0.3, 0.4) is 0 Å². The van der Waals surface area contributed by atoms with E-state index in [0.717, 1.165) is 17.7 Å². The normalized spacial score (nSPS) is 14.7. The van der Waals surface area contributed by atoms with Crippen LogP contribution in [0.1, 0.15) is 38.3 Å². The molecule has 0 saturated carbocycles. The second-order valence-corrected chi connectivity index (χ2v) is 4.18. The van der Waals surface area contributed by atoms with Crippen molar-refractivity contribution in [3.05, 3.63) is 29.3 Å². The summed E-state index contributed by atoms with van der Waals surface area (Å²) in [4.78, 5) is 0. The highest BCUT2D eigenvalue weighted by Gasteiger charge is 2.19. The molecule has 0 heterocycles. The number of hydrogen-bond acceptors (Lipinski definition) is 2. The highest BCUT2D eigenvalue weighted by atomic mass is 16.5. The van der Waals surface area contributed by atoms with Crippen molar-refractivity contribution in [1.82, 2.24) is 0 Å². The first kappa shape index (κ1) is 12.1. The van der Waals surface area contributed by atoms with Crippen LogP contribution in [0.2, 0.25) is 0 Å². The summed E-state index contributed by atoms with van der Waals surface area (Å²) in [7, 11) is 0. The Morgan fingerprint density at radius 3 is 2.47 bits per heavy atom. The van der Waals surface area contributed by atoms with Gasteiger partial charge in [0, 0.05) is 5.54 Å². The summed E-state index contributed by atoms with van der Waals surface area (Å²) in [6, 6.07) is 6.19. The molecule has 0 amide bonds. The molecule has 0 aliphatic rings. The fourth-order valence-electron chi connectivity index (χ4n) is 1.53. The summed E-state index contributed by atoms with van der Waals surface area (Å²) >= 11 is 0. The molecule has 15 heavy (non-hydrogen) atoms. The maximum absolute atomic E-state index is 6.19. The summed E-state index contributed by atoms with van der Waals surface area (Å²) in [6.07, 6.45) is 0.931. The molecule has 1 atom stereocenters. The quantitative estimate of drug-likeness (QED) is 0.823. The minimum Gasteiger partial charge on any atom is -0.494 e. The van der Waals surface area contributed by atoms with Crippen LogP contribution in [0.4, 0.5) is 0 Å². The predicted octanol–water partition coefficient (Wildman–Crippen LogP) is 2.98. The Kier molecular flexibility index (Phi) is 3.75. The molecule has 84 valence electrons. The maximum atomic E-state index is 6.19. The Labute approximate surface area is 92.4 Å². The zero-order valence-corrected chi connectivity index (χ0v) is 10.1. The minimum atomic E-state index is -0.241. The molecule has 1 aromatic carbocycles. The summed E-state index contributed by atoms with van der Waals surface area (Å²) in [5, 5.41) is 0. The van der Waals surface area contributed by atoms with Crippen molar-refractivity contribution in [2.45, 2.75) is 39.7 Å². The Morgan fingerprint density at radius 1 is 1.33 bits per heavy atom. The molecule has 0 aliphatic heterocycles. The highest BCUT2D eigenvalue weighted by Crippen LogP contribution is 2.26. The van der Waals surface area contributed by atoms with Gasteiger partial charge in [-0.15, -0.1) is 0 Å². The van der Waals surface area contributed by atoms with Crippen LogP contribution >= 0.6 is 0 Å². The van der Waals surface area contributed by atoms with E-state index in [1.165, 1.54) is 5.56 Å². The van der Waals surface area contributed by atoms with E-state index in [2.05, 4.69) is 32.9 Å². The molecular weight excluding hydrogens is 186 g/mol. The van der Waals surface area contributed by atoms with Gasteiger partial charge < -0.3 is 10.5 Å². The van der Waals surface area contributed by atoms with Crippen LogP contribution in [0, 0.1) is 6.92 Å². The van der Waals surface area contributed by atoms with Crippen molar-refractivity contribution in [1.29, 1.82) is 0 Å². The van der Waals surface area contributed by atoms with Crippen molar-refractivity contribution in [3.8, 4) is 5.75 Å². The monoisotopic (exact) mass is 207 g/mol. The van der Waals surface area contributed by atoms with Crippen molar-refractivity contribution in [3.63, 3.8) is 0 Å². The number of ether oxygens (including phenoxy) is 1. The standard InChI is InChI=1S/C13H21NO/c1-5-13(4,14)11-7-8-12(15-6-2)10(3)9-11/h7-9H,5-6,14H2,1-4H3. The van der Waals surface area contributed by atoms with E-state index in [9.17, 15) is 0 Å². The fraction of sp³-hybridized carbons (Fsp3) is 0.538. The molecule has 0 saturated heterocycles. The molecule has 2 nitrogen and oxygen atoms in total. The highest BCUT2D eigenvalue weighted by molar-refractivity contribution is 5.38. The smallest absolute Gasteiger partial charge is 0.122 e. The van der Waals surface area contributed by atoms with E-state index in [-0.39, 0.29) is 5.54 Å². The van der Waals surface area contributed by atoms with Crippen LogP contribution < -0.4 is 10.5 Å². The lowest BCUT2D eigenvalue weighted by molar-refractivity contribution is 0.337. The van der Waals surface area contributed by atoms with E-state index in [0.29, 0.717) is 6.61 Å². The predicted molar refractivity (Wildman–Crippen MR) is 64.2 cm³/mol. The molecule has 0 aromatic heterocycles. The molecule has 1 unspecified atom stereocenters. The van der Waals surface area contributed by atoms with Crippen molar-refractivity contribution in [2.24, 2.45) is 5.73 Å². The van der Waals surface area contributed by atoms with Crippen LogP contribution in [-0.4, -0.2) is 6.61 Å². The van der Waals surface area contributed by atoms with E-state index in [4.69, 9.17) is 10.5 Å². The van der Waals surface area contributed by atoms with E-state index in [1.54, 1.807) is 0 Å². The number of aryl methyl sites for hydroxylation is 1. The van der Waals surface area contributed by atoms with Crippen molar-refractivity contribution in [2.75, 3.05) is 6.61 Å². The third-order valence-electron chi connectivity index (χ3n) is 2.87. The molecule has 2 N–H and O–H groups in total. The lowest BCUT2D eigenvalue weighted by Gasteiger charge is -2.24. The van der Waals surface area contributed by atoms with Gasteiger partial charge in [0.1, 0.15) is 5.75 Å². The average molecular weight is 207 g/mol. The Bertz CT molecular complexity index is 331. The fourth-order valence-corrected chi connectivity index (χ4v) is 1.53. The van der Waals surface area contributed by atoms with Crippen LogP contribution in [0.25, 0.3) is 0 Å². The third-order valence-corrected chi connectivity index (χ3v) is 2.87. The summed E-state index contributed by atoms with van der Waals surface area (Å²) < 4.78 is 5.50. The molecular formula is C13H21NO. The molecule has 0 radical (unpaired) electrons. The molecule has 1 aromatic rings. The Hall–Kier alpha value is -1.02. The lowest BCUT2D eigenvalue weighted by Crippen LogP contribution is -2.31. The molecule has 0 bridgehead atoms. The first-order chi connectivity index (χ1) is 7.01. The Morgan fingerprint density at radius 2 is 2.00 bits per heavy atom. The lowest BCUT2D eigenvalue weighted by atomic mass is 9.89. The van der Waals surface area contributed by atoms with Gasteiger partial charge in [-0.3, -0.25) is 0 Å². The molecule has 0 fully saturated rings. The summed E-state index contributed by atoms with van der Waals surface area (Å²) in [6.45, 7) is 8.91. The number of nitrogens with two attached hydrogens (primary N) is 1. The SMILES string of the molecule is CCOc1ccc(C(C)(N)CC)cc1C. The molecule has 0 aliphatic carbocycles.